The molecular weight excluding hydrogens is 232 g/mol. The van der Waals surface area contributed by atoms with Gasteiger partial charge in [0.2, 0.25) is 5.16 Å². The van der Waals surface area contributed by atoms with Gasteiger partial charge in [-0.15, -0.1) is 5.10 Å². The molecule has 0 aliphatic heterocycles. The summed E-state index contributed by atoms with van der Waals surface area (Å²) >= 11 is 1.59. The van der Waals surface area contributed by atoms with Crippen molar-refractivity contribution in [1.29, 1.82) is 0 Å². The summed E-state index contributed by atoms with van der Waals surface area (Å²) in [5.74, 6) is 0.844. The van der Waals surface area contributed by atoms with Crippen LogP contribution in [0.15, 0.2) is 34.3 Å². The van der Waals surface area contributed by atoms with Crippen LogP contribution in [-0.4, -0.2) is 21.7 Å². The second-order valence-corrected chi connectivity index (χ2v) is 4.70. The van der Waals surface area contributed by atoms with E-state index in [0.29, 0.717) is 0 Å². The number of nitrogens with one attached hydrogen (secondary N) is 2. The smallest absolute Gasteiger partial charge is 0.213 e. The number of rotatable bonds is 5. The molecule has 1 aromatic carbocycles. The van der Waals surface area contributed by atoms with Crippen LogP contribution in [0.5, 0.6) is 0 Å². The Hall–Kier alpha value is -1.33. The molecule has 0 amide bonds. The minimum absolute atomic E-state index is 0.770. The van der Waals surface area contributed by atoms with Crippen molar-refractivity contribution in [1.82, 2.24) is 20.5 Å². The summed E-state index contributed by atoms with van der Waals surface area (Å²) in [6.45, 7) is 5.86. The van der Waals surface area contributed by atoms with Crippen LogP contribution in [0.3, 0.4) is 0 Å². The molecule has 0 aliphatic rings. The summed E-state index contributed by atoms with van der Waals surface area (Å²) in [7, 11) is 0. The van der Waals surface area contributed by atoms with E-state index in [1.54, 1.807) is 11.8 Å². The average molecular weight is 248 g/mol. The molecule has 0 bridgehead atoms. The lowest BCUT2D eigenvalue weighted by atomic mass is 10.2. The fourth-order valence-electron chi connectivity index (χ4n) is 1.48. The third-order valence-electron chi connectivity index (χ3n) is 2.32. The van der Waals surface area contributed by atoms with E-state index >= 15 is 0 Å². The number of aromatic amines is 1. The highest BCUT2D eigenvalue weighted by atomic mass is 32.2. The summed E-state index contributed by atoms with van der Waals surface area (Å²) in [5, 5.41) is 11.1. The maximum atomic E-state index is 4.30. The first-order valence-electron chi connectivity index (χ1n) is 5.65. The first-order chi connectivity index (χ1) is 8.29. The molecule has 0 atom stereocenters. The third kappa shape index (κ3) is 3.31. The number of hydrogen-bond acceptors (Lipinski definition) is 4. The van der Waals surface area contributed by atoms with Crippen molar-refractivity contribution in [3.63, 3.8) is 0 Å². The van der Waals surface area contributed by atoms with Gasteiger partial charge in [-0.05, 0) is 36.9 Å². The topological polar surface area (TPSA) is 53.6 Å². The maximum absolute atomic E-state index is 4.30. The molecular formula is C12H16N4S. The van der Waals surface area contributed by atoms with Gasteiger partial charge in [0.25, 0.3) is 0 Å². The van der Waals surface area contributed by atoms with Gasteiger partial charge in [-0.2, -0.15) is 0 Å². The van der Waals surface area contributed by atoms with Crippen molar-refractivity contribution in [2.24, 2.45) is 0 Å². The molecule has 0 saturated heterocycles. The predicted molar refractivity (Wildman–Crippen MR) is 69.1 cm³/mol. The van der Waals surface area contributed by atoms with E-state index < -0.39 is 0 Å². The molecule has 0 unspecified atom stereocenters. The zero-order valence-corrected chi connectivity index (χ0v) is 10.8. The van der Waals surface area contributed by atoms with Gasteiger partial charge in [0.15, 0.2) is 0 Å². The molecule has 1 heterocycles. The Morgan fingerprint density at radius 2 is 2.18 bits per heavy atom. The number of H-pyrrole nitrogens is 1. The van der Waals surface area contributed by atoms with E-state index in [-0.39, 0.29) is 0 Å². The van der Waals surface area contributed by atoms with Crippen LogP contribution < -0.4 is 5.32 Å². The Morgan fingerprint density at radius 1 is 1.35 bits per heavy atom. The van der Waals surface area contributed by atoms with Gasteiger partial charge in [-0.25, -0.2) is 4.98 Å². The van der Waals surface area contributed by atoms with Crippen molar-refractivity contribution in [2.75, 3.05) is 6.54 Å². The molecule has 0 saturated carbocycles. The first-order valence-corrected chi connectivity index (χ1v) is 6.46. The molecule has 5 heteroatoms. The van der Waals surface area contributed by atoms with Crippen LogP contribution in [0.4, 0.5) is 0 Å². The van der Waals surface area contributed by atoms with Gasteiger partial charge in [0.05, 0.1) is 0 Å². The van der Waals surface area contributed by atoms with Crippen molar-refractivity contribution in [3.8, 4) is 0 Å². The summed E-state index contributed by atoms with van der Waals surface area (Å²) in [6.07, 6.45) is 0. The van der Waals surface area contributed by atoms with Gasteiger partial charge in [0.1, 0.15) is 5.82 Å². The van der Waals surface area contributed by atoms with E-state index in [1.165, 1.54) is 10.5 Å². The van der Waals surface area contributed by atoms with E-state index in [0.717, 1.165) is 24.1 Å². The second kappa shape index (κ2) is 5.84. The van der Waals surface area contributed by atoms with Crippen molar-refractivity contribution in [2.45, 2.75) is 30.4 Å². The lowest BCUT2D eigenvalue weighted by Gasteiger charge is -2.07. The molecule has 0 radical (unpaired) electrons. The molecule has 1 aromatic heterocycles. The highest BCUT2D eigenvalue weighted by Gasteiger charge is 2.06. The van der Waals surface area contributed by atoms with Crippen LogP contribution in [-0.2, 0) is 6.54 Å². The lowest BCUT2D eigenvalue weighted by Crippen LogP contribution is -2.12. The third-order valence-corrected chi connectivity index (χ3v) is 3.30. The Labute approximate surface area is 105 Å². The second-order valence-electron chi connectivity index (χ2n) is 3.69. The van der Waals surface area contributed by atoms with Crippen molar-refractivity contribution >= 4 is 11.8 Å². The van der Waals surface area contributed by atoms with Crippen molar-refractivity contribution < 1.29 is 0 Å². The molecule has 0 aliphatic carbocycles. The standard InChI is InChI=1S/C12H16N4S/c1-3-13-8-10-6-4-5-7-11(10)17-12-14-9(2)15-16-12/h4-7,13H,3,8H2,1-2H3,(H,14,15,16). The first kappa shape index (κ1) is 12.1. The Balaban J connectivity index is 2.14. The van der Waals surface area contributed by atoms with Crippen LogP contribution in [0.25, 0.3) is 0 Å². The van der Waals surface area contributed by atoms with Crippen molar-refractivity contribution in [3.05, 3.63) is 35.7 Å². The zero-order valence-electron chi connectivity index (χ0n) is 10.0. The van der Waals surface area contributed by atoms with E-state index in [4.69, 9.17) is 0 Å². The highest BCUT2D eigenvalue weighted by molar-refractivity contribution is 7.99. The number of hydrogen-bond donors (Lipinski definition) is 2. The predicted octanol–water partition coefficient (Wildman–Crippen LogP) is 2.37. The molecule has 17 heavy (non-hydrogen) atoms. The molecule has 0 spiro atoms. The maximum Gasteiger partial charge on any atom is 0.213 e. The molecule has 4 nitrogen and oxygen atoms in total. The number of aromatic nitrogens is 3. The summed E-state index contributed by atoms with van der Waals surface area (Å²) in [5.41, 5.74) is 1.28. The van der Waals surface area contributed by atoms with Gasteiger partial charge in [-0.3, -0.25) is 5.10 Å². The minimum atomic E-state index is 0.770. The van der Waals surface area contributed by atoms with Gasteiger partial charge in [0, 0.05) is 11.4 Å². The Kier molecular flexibility index (Phi) is 4.17. The average Bonchev–Trinajstić information content (AvgIpc) is 2.74. The van der Waals surface area contributed by atoms with Crippen LogP contribution in [0.1, 0.15) is 18.3 Å². The highest BCUT2D eigenvalue weighted by Crippen LogP contribution is 2.27. The van der Waals surface area contributed by atoms with E-state index in [1.807, 2.05) is 13.0 Å². The molecule has 2 N–H and O–H groups in total. The molecule has 0 fully saturated rings. The van der Waals surface area contributed by atoms with Crippen LogP contribution >= 0.6 is 11.8 Å². The largest absolute Gasteiger partial charge is 0.313 e. The number of benzene rings is 1. The SMILES string of the molecule is CCNCc1ccccc1Sc1n[nH]c(C)n1. The van der Waals surface area contributed by atoms with Gasteiger partial charge >= 0.3 is 0 Å². The molecule has 2 rings (SSSR count). The summed E-state index contributed by atoms with van der Waals surface area (Å²) in [4.78, 5) is 5.50. The fourth-order valence-corrected chi connectivity index (χ4v) is 2.36. The van der Waals surface area contributed by atoms with E-state index in [2.05, 4.69) is 45.6 Å². The Bertz CT molecular complexity index is 481. The number of aryl methyl sites for hydroxylation is 1. The summed E-state index contributed by atoms with van der Waals surface area (Å²) in [6, 6.07) is 8.32. The summed E-state index contributed by atoms with van der Waals surface area (Å²) < 4.78 is 0. The van der Waals surface area contributed by atoms with Gasteiger partial charge < -0.3 is 5.32 Å². The van der Waals surface area contributed by atoms with Crippen LogP contribution in [0, 0.1) is 6.92 Å². The lowest BCUT2D eigenvalue weighted by molar-refractivity contribution is 0.718. The Morgan fingerprint density at radius 3 is 2.88 bits per heavy atom. The zero-order chi connectivity index (χ0) is 12.1. The monoisotopic (exact) mass is 248 g/mol. The number of nitrogens with zero attached hydrogens (tertiary/aromatic N) is 2. The minimum Gasteiger partial charge on any atom is -0.313 e. The van der Waals surface area contributed by atoms with Crippen LogP contribution in [0.2, 0.25) is 0 Å². The normalized spacial score (nSPS) is 10.7. The fraction of sp³-hybridized carbons (Fsp3) is 0.333. The molecule has 2 aromatic rings. The molecule has 90 valence electrons. The quantitative estimate of drug-likeness (QED) is 0.853. The van der Waals surface area contributed by atoms with Gasteiger partial charge in [-0.1, -0.05) is 25.1 Å². The van der Waals surface area contributed by atoms with E-state index in [9.17, 15) is 0 Å².